The molecule has 2 rings (SSSR count). The number of carbonyl (C=O) groups excluding carboxylic acids is 1. The summed E-state index contributed by atoms with van der Waals surface area (Å²) in [5.74, 6) is -14.1. The molecule has 0 aromatic carbocycles. The molecule has 2 saturated carbocycles. The van der Waals surface area contributed by atoms with E-state index in [1.54, 1.807) is 13.8 Å². The average molecular weight is 446 g/mol. The van der Waals surface area contributed by atoms with Crippen molar-refractivity contribution in [1.29, 1.82) is 0 Å². The number of fused-ring (bicyclic) bond motifs is 2. The van der Waals surface area contributed by atoms with Gasteiger partial charge in [0.05, 0.1) is 13.0 Å². The van der Waals surface area contributed by atoms with Crippen molar-refractivity contribution in [3.05, 3.63) is 0 Å². The van der Waals surface area contributed by atoms with Crippen LogP contribution in [0.5, 0.6) is 0 Å². The molecule has 0 aromatic rings. The van der Waals surface area contributed by atoms with Gasteiger partial charge in [0.25, 0.3) is 5.92 Å². The summed E-state index contributed by atoms with van der Waals surface area (Å²) in [6.07, 6.45) is -16.3. The van der Waals surface area contributed by atoms with Crippen LogP contribution in [0.1, 0.15) is 39.5 Å². The minimum atomic E-state index is -6.20. The lowest BCUT2D eigenvalue weighted by atomic mass is 9.65. The molecular formula is C17H20F10O2. The zero-order chi connectivity index (χ0) is 22.6. The van der Waals surface area contributed by atoms with Gasteiger partial charge in [-0.2, -0.15) is 35.1 Å². The van der Waals surface area contributed by atoms with E-state index in [2.05, 4.69) is 4.74 Å². The normalized spacial score (nSPS) is 33.2. The molecule has 0 radical (unpaired) electrons. The van der Waals surface area contributed by atoms with Crippen molar-refractivity contribution in [2.75, 3.05) is 6.61 Å². The van der Waals surface area contributed by atoms with Crippen LogP contribution in [0.25, 0.3) is 0 Å². The standard InChI is InChI=1S/C17H20F10O2/c1-8-9(2)11-5-10(8)6-14(11,16(22,23)24)12(28)29-4-3-13(18,19)7-15(20,21)17(25,26)27/h8-11H,3-7H2,1-2H3. The first-order valence-corrected chi connectivity index (χ1v) is 8.92. The first kappa shape index (κ1) is 24.0. The number of hydrogen-bond acceptors (Lipinski definition) is 2. The highest BCUT2D eigenvalue weighted by molar-refractivity contribution is 5.79. The van der Waals surface area contributed by atoms with E-state index in [9.17, 15) is 48.7 Å². The van der Waals surface area contributed by atoms with E-state index in [1.165, 1.54) is 0 Å². The highest BCUT2D eigenvalue weighted by Gasteiger charge is 2.73. The molecular weight excluding hydrogens is 426 g/mol. The fourth-order valence-corrected chi connectivity index (χ4v) is 4.65. The highest BCUT2D eigenvalue weighted by atomic mass is 19.4. The summed E-state index contributed by atoms with van der Waals surface area (Å²) in [6.45, 7) is 1.90. The molecule has 29 heavy (non-hydrogen) atoms. The molecule has 2 aliphatic rings. The van der Waals surface area contributed by atoms with E-state index < -0.39 is 79.2 Å². The largest absolute Gasteiger partial charge is 0.465 e. The van der Waals surface area contributed by atoms with E-state index in [0.29, 0.717) is 0 Å². The minimum Gasteiger partial charge on any atom is -0.465 e. The SMILES string of the molecule is CC1C2CC(C1C)C(C(=O)OCCC(F)(F)CC(F)(F)C(F)(F)F)(C(F)(F)F)C2. The van der Waals surface area contributed by atoms with Crippen molar-refractivity contribution in [2.45, 2.75) is 63.7 Å². The molecule has 12 heteroatoms. The van der Waals surface area contributed by atoms with Crippen molar-refractivity contribution in [1.82, 2.24) is 0 Å². The Morgan fingerprint density at radius 3 is 1.93 bits per heavy atom. The Kier molecular flexibility index (Phi) is 5.95. The molecule has 5 atom stereocenters. The van der Waals surface area contributed by atoms with Crippen LogP contribution in [-0.4, -0.2) is 36.8 Å². The third-order valence-electron chi connectivity index (χ3n) is 6.45. The van der Waals surface area contributed by atoms with E-state index in [-0.39, 0.29) is 12.3 Å². The monoisotopic (exact) mass is 446 g/mol. The lowest BCUT2D eigenvalue weighted by Crippen LogP contribution is -2.53. The average Bonchev–Trinajstić information content (AvgIpc) is 3.02. The number of carbonyl (C=O) groups is 1. The molecule has 2 fully saturated rings. The summed E-state index contributed by atoms with van der Waals surface area (Å²) in [7, 11) is 0. The van der Waals surface area contributed by atoms with Crippen LogP contribution in [0, 0.1) is 29.1 Å². The van der Waals surface area contributed by atoms with Gasteiger partial charge in [-0.25, -0.2) is 8.78 Å². The van der Waals surface area contributed by atoms with Crippen LogP contribution in [-0.2, 0) is 9.53 Å². The Labute approximate surface area is 159 Å². The van der Waals surface area contributed by atoms with Gasteiger partial charge in [0.15, 0.2) is 5.41 Å². The summed E-state index contributed by atoms with van der Waals surface area (Å²) in [6, 6.07) is 0. The summed E-state index contributed by atoms with van der Waals surface area (Å²) in [5.41, 5.74) is -2.88. The van der Waals surface area contributed by atoms with Crippen LogP contribution >= 0.6 is 0 Å². The molecule has 0 aliphatic heterocycles. The number of halogens is 10. The van der Waals surface area contributed by atoms with Crippen molar-refractivity contribution >= 4 is 5.97 Å². The van der Waals surface area contributed by atoms with Crippen LogP contribution < -0.4 is 0 Å². The van der Waals surface area contributed by atoms with E-state index >= 15 is 0 Å². The van der Waals surface area contributed by atoms with Crippen molar-refractivity contribution in [3.63, 3.8) is 0 Å². The minimum absolute atomic E-state index is 0.0720. The van der Waals surface area contributed by atoms with Crippen LogP contribution in [0.2, 0.25) is 0 Å². The zero-order valence-electron chi connectivity index (χ0n) is 15.4. The molecule has 0 heterocycles. The van der Waals surface area contributed by atoms with E-state index in [4.69, 9.17) is 0 Å². The Morgan fingerprint density at radius 1 is 0.966 bits per heavy atom. The second-order valence-corrected chi connectivity index (χ2v) is 8.11. The maximum Gasteiger partial charge on any atom is 0.453 e. The van der Waals surface area contributed by atoms with Crippen LogP contribution in [0.15, 0.2) is 0 Å². The second kappa shape index (κ2) is 7.18. The van der Waals surface area contributed by atoms with Crippen molar-refractivity contribution < 1.29 is 53.4 Å². The molecule has 0 N–H and O–H groups in total. The maximum absolute atomic E-state index is 13.8. The zero-order valence-corrected chi connectivity index (χ0v) is 15.4. The number of hydrogen-bond donors (Lipinski definition) is 0. The van der Waals surface area contributed by atoms with Gasteiger partial charge in [-0.1, -0.05) is 13.8 Å². The molecule has 0 amide bonds. The van der Waals surface area contributed by atoms with Crippen LogP contribution in [0.4, 0.5) is 43.9 Å². The maximum atomic E-state index is 13.8. The molecule has 2 aliphatic carbocycles. The van der Waals surface area contributed by atoms with Gasteiger partial charge in [0.2, 0.25) is 0 Å². The van der Waals surface area contributed by atoms with Gasteiger partial charge < -0.3 is 4.74 Å². The topological polar surface area (TPSA) is 26.3 Å². The lowest BCUT2D eigenvalue weighted by Gasteiger charge is -2.41. The number of ether oxygens (including phenoxy) is 1. The number of esters is 1. The summed E-state index contributed by atoms with van der Waals surface area (Å²) in [5, 5.41) is 0. The van der Waals surface area contributed by atoms with Gasteiger partial charge in [-0.05, 0) is 36.5 Å². The van der Waals surface area contributed by atoms with Gasteiger partial charge in [-0.15, -0.1) is 0 Å². The van der Waals surface area contributed by atoms with Gasteiger partial charge in [-0.3, -0.25) is 4.79 Å². The molecule has 0 spiro atoms. The van der Waals surface area contributed by atoms with Crippen molar-refractivity contribution in [2.24, 2.45) is 29.1 Å². The summed E-state index contributed by atoms with van der Waals surface area (Å²) in [4.78, 5) is 12.3. The molecule has 0 saturated heterocycles. The third-order valence-corrected chi connectivity index (χ3v) is 6.45. The molecule has 2 nitrogen and oxygen atoms in total. The van der Waals surface area contributed by atoms with E-state index in [0.717, 1.165) is 0 Å². The quantitative estimate of drug-likeness (QED) is 0.369. The molecule has 0 aromatic heterocycles. The first-order valence-electron chi connectivity index (χ1n) is 8.92. The van der Waals surface area contributed by atoms with Crippen molar-refractivity contribution in [3.8, 4) is 0 Å². The Morgan fingerprint density at radius 2 is 1.52 bits per heavy atom. The Hall–Kier alpha value is -1.23. The Bertz CT molecular complexity index is 625. The number of alkyl halides is 10. The highest BCUT2D eigenvalue weighted by Crippen LogP contribution is 2.66. The fourth-order valence-electron chi connectivity index (χ4n) is 4.65. The van der Waals surface area contributed by atoms with Gasteiger partial charge in [0, 0.05) is 6.42 Å². The predicted octanol–water partition coefficient (Wildman–Crippen LogP) is 6.00. The lowest BCUT2D eigenvalue weighted by molar-refractivity contribution is -0.301. The fraction of sp³-hybridized carbons (Fsp3) is 0.941. The van der Waals surface area contributed by atoms with Crippen LogP contribution in [0.3, 0.4) is 0 Å². The predicted molar refractivity (Wildman–Crippen MR) is 79.2 cm³/mol. The Balaban J connectivity index is 2.06. The molecule has 170 valence electrons. The first-order chi connectivity index (χ1) is 12.9. The molecule has 2 bridgehead atoms. The van der Waals surface area contributed by atoms with Gasteiger partial charge in [0.1, 0.15) is 0 Å². The van der Waals surface area contributed by atoms with E-state index in [1.807, 2.05) is 0 Å². The summed E-state index contributed by atoms with van der Waals surface area (Å²) >= 11 is 0. The second-order valence-electron chi connectivity index (χ2n) is 8.11. The smallest absolute Gasteiger partial charge is 0.453 e. The number of rotatable bonds is 6. The molecule has 5 unspecified atom stereocenters. The summed E-state index contributed by atoms with van der Waals surface area (Å²) < 4.78 is 134. The third kappa shape index (κ3) is 4.17. The van der Waals surface area contributed by atoms with Gasteiger partial charge >= 0.3 is 24.2 Å².